The molecule has 0 atom stereocenters. The average Bonchev–Trinajstić information content (AvgIpc) is 2.02. The number of aromatic hydroxyl groups is 1. The number of phenolic OH excluding ortho intramolecular Hbond substituents is 1. The lowest BCUT2D eigenvalue weighted by Crippen LogP contribution is -1.98. The standard InChI is InChI=1S/C10H7O3/c1-6-4-10(12)13-9-5-7(11)2-3-8(6)9/h2-3,5,11H,1H3. The molecule has 0 fully saturated rings. The third kappa shape index (κ3) is 1.28. The second-order valence-electron chi connectivity index (χ2n) is 2.82. The molecule has 13 heavy (non-hydrogen) atoms. The Labute approximate surface area is 74.2 Å². The molecule has 2 aromatic rings. The number of phenols is 1. The molecule has 1 aromatic heterocycles. The van der Waals surface area contributed by atoms with Crippen molar-refractivity contribution in [3.05, 3.63) is 40.2 Å². The second-order valence-corrected chi connectivity index (χ2v) is 2.82. The molecule has 0 aliphatic rings. The Bertz CT molecular complexity index is 511. The quantitative estimate of drug-likeness (QED) is 0.619. The van der Waals surface area contributed by atoms with Crippen LogP contribution in [0.1, 0.15) is 5.56 Å². The molecule has 0 aliphatic carbocycles. The Balaban J connectivity index is 2.94. The molecule has 0 amide bonds. The van der Waals surface area contributed by atoms with Gasteiger partial charge < -0.3 is 9.52 Å². The number of fused-ring (bicyclic) bond motifs is 1. The number of rotatable bonds is 0. The molecule has 0 saturated heterocycles. The Kier molecular flexibility index (Phi) is 1.59. The highest BCUT2D eigenvalue weighted by Crippen LogP contribution is 2.20. The van der Waals surface area contributed by atoms with Gasteiger partial charge in [-0.15, -0.1) is 0 Å². The molecule has 0 aliphatic heterocycles. The van der Waals surface area contributed by atoms with Crippen molar-refractivity contribution in [2.45, 2.75) is 6.92 Å². The van der Waals surface area contributed by atoms with Gasteiger partial charge in [-0.05, 0) is 24.6 Å². The van der Waals surface area contributed by atoms with E-state index in [2.05, 4.69) is 6.07 Å². The summed E-state index contributed by atoms with van der Waals surface area (Å²) in [6, 6.07) is 7.18. The number of hydrogen-bond acceptors (Lipinski definition) is 3. The largest absolute Gasteiger partial charge is 0.508 e. The van der Waals surface area contributed by atoms with Gasteiger partial charge in [0, 0.05) is 11.5 Å². The van der Waals surface area contributed by atoms with Crippen LogP contribution in [-0.4, -0.2) is 5.11 Å². The van der Waals surface area contributed by atoms with Gasteiger partial charge in [0.2, 0.25) is 0 Å². The molecule has 0 saturated carbocycles. The molecule has 0 unspecified atom stereocenters. The molecular weight excluding hydrogens is 168 g/mol. The molecule has 0 spiro atoms. The van der Waals surface area contributed by atoms with Crippen molar-refractivity contribution < 1.29 is 9.52 Å². The zero-order valence-electron chi connectivity index (χ0n) is 7.00. The molecule has 3 heteroatoms. The monoisotopic (exact) mass is 175 g/mol. The zero-order chi connectivity index (χ0) is 9.42. The van der Waals surface area contributed by atoms with Crippen LogP contribution >= 0.6 is 0 Å². The van der Waals surface area contributed by atoms with E-state index in [0.29, 0.717) is 5.58 Å². The van der Waals surface area contributed by atoms with E-state index in [1.807, 2.05) is 0 Å². The summed E-state index contributed by atoms with van der Waals surface area (Å²) < 4.78 is 4.85. The molecular formula is C10H7O3. The van der Waals surface area contributed by atoms with Gasteiger partial charge in [0.25, 0.3) is 0 Å². The second kappa shape index (κ2) is 2.62. The van der Waals surface area contributed by atoms with Crippen LogP contribution in [0.5, 0.6) is 5.75 Å². The lowest BCUT2D eigenvalue weighted by Gasteiger charge is -1.99. The SMILES string of the molecule is Cc1[c]c(=O)oc2cc(O)ccc12. The molecule has 65 valence electrons. The van der Waals surface area contributed by atoms with E-state index in [1.54, 1.807) is 19.1 Å². The molecule has 2 rings (SSSR count). The van der Waals surface area contributed by atoms with Crippen LogP contribution in [0.3, 0.4) is 0 Å². The lowest BCUT2D eigenvalue weighted by atomic mass is 10.1. The van der Waals surface area contributed by atoms with Gasteiger partial charge >= 0.3 is 5.63 Å². The fourth-order valence-electron chi connectivity index (χ4n) is 1.25. The van der Waals surface area contributed by atoms with Crippen molar-refractivity contribution in [2.24, 2.45) is 0 Å². The molecule has 1 heterocycles. The number of benzene rings is 1. The predicted molar refractivity (Wildman–Crippen MR) is 47.7 cm³/mol. The van der Waals surface area contributed by atoms with Crippen LogP contribution < -0.4 is 5.63 Å². The van der Waals surface area contributed by atoms with Gasteiger partial charge in [-0.3, -0.25) is 0 Å². The average molecular weight is 175 g/mol. The van der Waals surface area contributed by atoms with Crippen LogP contribution in [0.4, 0.5) is 0 Å². The minimum absolute atomic E-state index is 0.0845. The summed E-state index contributed by atoms with van der Waals surface area (Å²) in [5, 5.41) is 9.93. The molecule has 1 aromatic carbocycles. The summed E-state index contributed by atoms with van der Waals surface area (Å²) in [5.41, 5.74) is 0.600. The third-order valence-corrected chi connectivity index (χ3v) is 1.86. The van der Waals surface area contributed by atoms with Crippen LogP contribution in [0, 0.1) is 13.0 Å². The summed E-state index contributed by atoms with van der Waals surface area (Å²) in [4.78, 5) is 10.9. The molecule has 3 nitrogen and oxygen atoms in total. The topological polar surface area (TPSA) is 50.4 Å². The van der Waals surface area contributed by atoms with E-state index in [-0.39, 0.29) is 5.75 Å². The van der Waals surface area contributed by atoms with Gasteiger partial charge in [0.15, 0.2) is 0 Å². The smallest absolute Gasteiger partial charge is 0.344 e. The van der Waals surface area contributed by atoms with Gasteiger partial charge in [-0.25, -0.2) is 4.79 Å². The van der Waals surface area contributed by atoms with Crippen LogP contribution in [0.2, 0.25) is 0 Å². The first-order chi connectivity index (χ1) is 6.16. The van der Waals surface area contributed by atoms with Gasteiger partial charge in [-0.1, -0.05) is 0 Å². The highest BCUT2D eigenvalue weighted by molar-refractivity contribution is 5.80. The first kappa shape index (κ1) is 7.86. The van der Waals surface area contributed by atoms with Gasteiger partial charge in [-0.2, -0.15) is 0 Å². The van der Waals surface area contributed by atoms with E-state index in [4.69, 9.17) is 9.52 Å². The van der Waals surface area contributed by atoms with E-state index in [0.717, 1.165) is 10.9 Å². The van der Waals surface area contributed by atoms with Crippen molar-refractivity contribution in [3.8, 4) is 5.75 Å². The minimum Gasteiger partial charge on any atom is -0.508 e. The molecule has 1 N–H and O–H groups in total. The number of aryl methyl sites for hydroxylation is 1. The van der Waals surface area contributed by atoms with Crippen LogP contribution in [0.15, 0.2) is 27.4 Å². The predicted octanol–water partition coefficient (Wildman–Crippen LogP) is 1.61. The van der Waals surface area contributed by atoms with Crippen LogP contribution in [-0.2, 0) is 0 Å². The highest BCUT2D eigenvalue weighted by atomic mass is 16.4. The summed E-state index contributed by atoms with van der Waals surface area (Å²) in [6.07, 6.45) is 0. The maximum Gasteiger partial charge on any atom is 0.344 e. The van der Waals surface area contributed by atoms with Crippen molar-refractivity contribution >= 4 is 11.0 Å². The van der Waals surface area contributed by atoms with Crippen LogP contribution in [0.25, 0.3) is 11.0 Å². The summed E-state index contributed by atoms with van der Waals surface area (Å²) >= 11 is 0. The summed E-state index contributed by atoms with van der Waals surface area (Å²) in [5.74, 6) is 0.0845. The first-order valence-corrected chi connectivity index (χ1v) is 3.82. The Morgan fingerprint density at radius 1 is 1.46 bits per heavy atom. The fourth-order valence-corrected chi connectivity index (χ4v) is 1.25. The molecule has 0 bridgehead atoms. The van der Waals surface area contributed by atoms with E-state index in [9.17, 15) is 4.79 Å². The maximum atomic E-state index is 10.9. The van der Waals surface area contributed by atoms with Crippen molar-refractivity contribution in [1.82, 2.24) is 0 Å². The summed E-state index contributed by atoms with van der Waals surface area (Å²) in [6.45, 7) is 1.77. The van der Waals surface area contributed by atoms with E-state index >= 15 is 0 Å². The Morgan fingerprint density at radius 3 is 3.00 bits per heavy atom. The van der Waals surface area contributed by atoms with Gasteiger partial charge in [0.1, 0.15) is 11.3 Å². The minimum atomic E-state index is -0.518. The first-order valence-electron chi connectivity index (χ1n) is 3.82. The lowest BCUT2D eigenvalue weighted by molar-refractivity contribution is 0.473. The van der Waals surface area contributed by atoms with Crippen molar-refractivity contribution in [2.75, 3.05) is 0 Å². The Hall–Kier alpha value is -1.77. The molecule has 1 radical (unpaired) electrons. The highest BCUT2D eigenvalue weighted by Gasteiger charge is 2.02. The third-order valence-electron chi connectivity index (χ3n) is 1.86. The van der Waals surface area contributed by atoms with E-state index < -0.39 is 5.63 Å². The van der Waals surface area contributed by atoms with Gasteiger partial charge in [0.05, 0.1) is 6.07 Å². The number of hydrogen-bond donors (Lipinski definition) is 1. The van der Waals surface area contributed by atoms with Crippen molar-refractivity contribution in [3.63, 3.8) is 0 Å². The van der Waals surface area contributed by atoms with E-state index in [1.165, 1.54) is 6.07 Å². The zero-order valence-corrected chi connectivity index (χ0v) is 7.00. The maximum absolute atomic E-state index is 10.9. The van der Waals surface area contributed by atoms with Crippen molar-refractivity contribution in [1.29, 1.82) is 0 Å². The normalized spacial score (nSPS) is 10.5. The fraction of sp³-hybridized carbons (Fsp3) is 0.100. The summed E-state index contributed by atoms with van der Waals surface area (Å²) in [7, 11) is 0. The Morgan fingerprint density at radius 2 is 2.23 bits per heavy atom.